The summed E-state index contributed by atoms with van der Waals surface area (Å²) in [6, 6.07) is 20.2. The first-order valence-electron chi connectivity index (χ1n) is 11.0. The van der Waals surface area contributed by atoms with Crippen molar-refractivity contribution >= 4 is 48.7 Å². The van der Waals surface area contributed by atoms with Crippen LogP contribution in [0.1, 0.15) is 16.1 Å². The molecular formula is C25H17N5O6S2. The van der Waals surface area contributed by atoms with E-state index in [-0.39, 0.29) is 37.7 Å². The number of carbonyl (C=O) groups excluding carboxylic acids is 1. The summed E-state index contributed by atoms with van der Waals surface area (Å²) in [6.45, 7) is 0.152. The molecule has 0 aliphatic heterocycles. The molecule has 0 saturated heterocycles. The lowest BCUT2D eigenvalue weighted by atomic mass is 10.1. The zero-order valence-electron chi connectivity index (χ0n) is 19.3. The molecule has 0 atom stereocenters. The summed E-state index contributed by atoms with van der Waals surface area (Å²) in [4.78, 5) is 40.4. The van der Waals surface area contributed by atoms with Gasteiger partial charge in [0.15, 0.2) is 10.8 Å². The standard InChI is InChI=1S/C25H17N5O6S2/c31-23(27-25-26-14-21(37-25)38(35,36)18-12-10-17(11-13-18)30(33)34)22-19-8-4-5-9-20(19)24(32)29(28-22)15-16-6-2-1-3-7-16/h1-14H,15H2,(H,26,27,31). The quantitative estimate of drug-likeness (QED) is 0.238. The number of hydrogen-bond acceptors (Lipinski definition) is 9. The highest BCUT2D eigenvalue weighted by Crippen LogP contribution is 2.30. The van der Waals surface area contributed by atoms with Crippen molar-refractivity contribution in [1.82, 2.24) is 14.8 Å². The predicted octanol–water partition coefficient (Wildman–Crippen LogP) is 3.89. The minimum absolute atomic E-state index is 0.00202. The number of nitrogens with zero attached hydrogens (tertiary/aromatic N) is 4. The number of amides is 1. The Morgan fingerprint density at radius 3 is 2.32 bits per heavy atom. The minimum Gasteiger partial charge on any atom is -0.296 e. The molecule has 0 saturated carbocycles. The summed E-state index contributed by atoms with van der Waals surface area (Å²) < 4.78 is 27.0. The van der Waals surface area contributed by atoms with Crippen molar-refractivity contribution in [3.8, 4) is 0 Å². The van der Waals surface area contributed by atoms with Crippen molar-refractivity contribution in [2.24, 2.45) is 0 Å². The van der Waals surface area contributed by atoms with Gasteiger partial charge in [-0.15, -0.1) is 0 Å². The number of aromatic nitrogens is 3. The zero-order chi connectivity index (χ0) is 26.9. The molecule has 0 radical (unpaired) electrons. The van der Waals surface area contributed by atoms with Crippen molar-refractivity contribution in [2.75, 3.05) is 5.32 Å². The number of fused-ring (bicyclic) bond motifs is 1. The Kier molecular flexibility index (Phi) is 6.53. The van der Waals surface area contributed by atoms with E-state index in [1.807, 2.05) is 30.3 Å². The number of nitrogens with one attached hydrogen (secondary N) is 1. The molecule has 1 N–H and O–H groups in total. The second-order valence-electron chi connectivity index (χ2n) is 8.04. The highest BCUT2D eigenvalue weighted by Gasteiger charge is 2.24. The van der Waals surface area contributed by atoms with Crippen LogP contribution in [0.25, 0.3) is 10.8 Å². The van der Waals surface area contributed by atoms with Gasteiger partial charge in [-0.2, -0.15) is 5.10 Å². The first-order valence-corrected chi connectivity index (χ1v) is 13.3. The molecule has 0 aliphatic carbocycles. The van der Waals surface area contributed by atoms with E-state index in [1.54, 1.807) is 24.3 Å². The Balaban J connectivity index is 1.45. The normalized spacial score (nSPS) is 11.4. The van der Waals surface area contributed by atoms with Gasteiger partial charge in [0.2, 0.25) is 9.84 Å². The maximum Gasteiger partial charge on any atom is 0.278 e. The maximum absolute atomic E-state index is 13.2. The van der Waals surface area contributed by atoms with Gasteiger partial charge in [0, 0.05) is 17.5 Å². The van der Waals surface area contributed by atoms with Crippen LogP contribution in [0.4, 0.5) is 10.8 Å². The Hall–Kier alpha value is -4.75. The molecule has 0 fully saturated rings. The number of nitro groups is 1. The third kappa shape index (κ3) is 4.79. The van der Waals surface area contributed by atoms with Gasteiger partial charge >= 0.3 is 0 Å². The Morgan fingerprint density at radius 2 is 1.63 bits per heavy atom. The van der Waals surface area contributed by atoms with E-state index < -0.39 is 20.7 Å². The molecule has 11 nitrogen and oxygen atoms in total. The van der Waals surface area contributed by atoms with E-state index in [4.69, 9.17) is 0 Å². The second kappa shape index (κ2) is 9.95. The smallest absolute Gasteiger partial charge is 0.278 e. The number of nitro benzene ring substituents is 1. The zero-order valence-corrected chi connectivity index (χ0v) is 21.0. The summed E-state index contributed by atoms with van der Waals surface area (Å²) in [7, 11) is -4.02. The van der Waals surface area contributed by atoms with Gasteiger partial charge in [0.1, 0.15) is 4.21 Å². The summed E-state index contributed by atoms with van der Waals surface area (Å²) >= 11 is 0.722. The van der Waals surface area contributed by atoms with E-state index in [9.17, 15) is 28.1 Å². The van der Waals surface area contributed by atoms with Gasteiger partial charge < -0.3 is 0 Å². The van der Waals surface area contributed by atoms with E-state index in [0.29, 0.717) is 10.8 Å². The molecule has 1 amide bonds. The van der Waals surface area contributed by atoms with Crippen LogP contribution < -0.4 is 10.9 Å². The molecule has 13 heteroatoms. The number of carbonyl (C=O) groups is 1. The van der Waals surface area contributed by atoms with E-state index in [0.717, 1.165) is 47.4 Å². The fourth-order valence-corrected chi connectivity index (χ4v) is 6.15. The summed E-state index contributed by atoms with van der Waals surface area (Å²) in [5, 5.41) is 18.4. The number of rotatable bonds is 7. The van der Waals surface area contributed by atoms with Crippen molar-refractivity contribution < 1.29 is 18.1 Å². The number of anilines is 1. The molecular weight excluding hydrogens is 530 g/mol. The van der Waals surface area contributed by atoms with Crippen LogP contribution in [-0.2, 0) is 16.4 Å². The number of benzene rings is 3. The van der Waals surface area contributed by atoms with Crippen LogP contribution in [0, 0.1) is 10.1 Å². The molecule has 0 unspecified atom stereocenters. The number of sulfone groups is 1. The third-order valence-electron chi connectivity index (χ3n) is 5.59. The molecule has 0 bridgehead atoms. The first-order chi connectivity index (χ1) is 18.2. The lowest BCUT2D eigenvalue weighted by Gasteiger charge is -2.10. The monoisotopic (exact) mass is 547 g/mol. The molecule has 5 rings (SSSR count). The van der Waals surface area contributed by atoms with Crippen molar-refractivity contribution in [3.05, 3.63) is 117 Å². The first kappa shape index (κ1) is 24.9. The van der Waals surface area contributed by atoms with E-state index in [2.05, 4.69) is 15.4 Å². The van der Waals surface area contributed by atoms with Gasteiger partial charge in [0.05, 0.1) is 27.9 Å². The van der Waals surface area contributed by atoms with Crippen molar-refractivity contribution in [2.45, 2.75) is 15.6 Å². The topological polar surface area (TPSA) is 154 Å². The van der Waals surface area contributed by atoms with Gasteiger partial charge in [-0.05, 0) is 23.8 Å². The second-order valence-corrected chi connectivity index (χ2v) is 11.2. The molecule has 3 aromatic carbocycles. The maximum atomic E-state index is 13.2. The third-order valence-corrected chi connectivity index (χ3v) is 8.73. The van der Waals surface area contributed by atoms with Crippen LogP contribution in [-0.4, -0.2) is 34.0 Å². The summed E-state index contributed by atoms with van der Waals surface area (Å²) in [6.07, 6.45) is 1.10. The van der Waals surface area contributed by atoms with Crippen LogP contribution in [0.2, 0.25) is 0 Å². The Labute approximate surface area is 219 Å². The number of hydrogen-bond donors (Lipinski definition) is 1. The molecule has 2 heterocycles. The van der Waals surface area contributed by atoms with Gasteiger partial charge in [-0.1, -0.05) is 59.9 Å². The molecule has 0 aliphatic rings. The highest BCUT2D eigenvalue weighted by atomic mass is 32.2. The van der Waals surface area contributed by atoms with Crippen LogP contribution >= 0.6 is 11.3 Å². The fraction of sp³-hybridized carbons (Fsp3) is 0.0400. The van der Waals surface area contributed by atoms with Gasteiger partial charge in [0.25, 0.3) is 17.2 Å². The fourth-order valence-electron chi connectivity index (χ4n) is 3.73. The Bertz CT molecular complexity index is 1850. The summed E-state index contributed by atoms with van der Waals surface area (Å²) in [5.41, 5.74) is 0.206. The molecule has 190 valence electrons. The lowest BCUT2D eigenvalue weighted by Crippen LogP contribution is -2.28. The summed E-state index contributed by atoms with van der Waals surface area (Å²) in [5.74, 6) is -0.670. The highest BCUT2D eigenvalue weighted by molar-refractivity contribution is 7.93. The average molecular weight is 548 g/mol. The number of thiazole rings is 1. The molecule has 2 aromatic heterocycles. The average Bonchev–Trinajstić information content (AvgIpc) is 3.40. The molecule has 0 spiro atoms. The van der Waals surface area contributed by atoms with Crippen LogP contribution in [0.15, 0.2) is 99.0 Å². The van der Waals surface area contributed by atoms with Crippen molar-refractivity contribution in [3.63, 3.8) is 0 Å². The predicted molar refractivity (Wildman–Crippen MR) is 140 cm³/mol. The molecule has 5 aromatic rings. The van der Waals surface area contributed by atoms with Crippen LogP contribution in [0.5, 0.6) is 0 Å². The molecule has 38 heavy (non-hydrogen) atoms. The lowest BCUT2D eigenvalue weighted by molar-refractivity contribution is -0.384. The number of non-ortho nitro benzene ring substituents is 1. The van der Waals surface area contributed by atoms with E-state index >= 15 is 0 Å². The van der Waals surface area contributed by atoms with Gasteiger partial charge in [-0.25, -0.2) is 18.1 Å². The van der Waals surface area contributed by atoms with E-state index in [1.165, 1.54) is 4.68 Å². The Morgan fingerprint density at radius 1 is 0.974 bits per heavy atom. The minimum atomic E-state index is -4.02. The van der Waals surface area contributed by atoms with Crippen molar-refractivity contribution in [1.29, 1.82) is 0 Å². The van der Waals surface area contributed by atoms with Gasteiger partial charge in [-0.3, -0.25) is 25.0 Å². The van der Waals surface area contributed by atoms with Crippen LogP contribution in [0.3, 0.4) is 0 Å². The SMILES string of the molecule is O=C(Nc1ncc(S(=O)(=O)c2ccc([N+](=O)[O-])cc2)s1)c1nn(Cc2ccccc2)c(=O)c2ccccc12. The largest absolute Gasteiger partial charge is 0.296 e.